The van der Waals surface area contributed by atoms with Gasteiger partial charge in [-0.3, -0.25) is 0 Å². The van der Waals surface area contributed by atoms with E-state index in [9.17, 15) is 0 Å². The summed E-state index contributed by atoms with van der Waals surface area (Å²) in [5, 5.41) is 13.7. The van der Waals surface area contributed by atoms with Gasteiger partial charge in [-0.2, -0.15) is 0 Å². The summed E-state index contributed by atoms with van der Waals surface area (Å²) >= 11 is 0. The molecule has 1 aliphatic heterocycles. The maximum absolute atomic E-state index is 7.09. The van der Waals surface area contributed by atoms with Gasteiger partial charge in [-0.1, -0.05) is 134 Å². The Morgan fingerprint density at radius 1 is 0.455 bits per heavy atom. The van der Waals surface area contributed by atoms with E-state index in [0.717, 1.165) is 95.1 Å². The van der Waals surface area contributed by atoms with Crippen LogP contribution in [0, 0.1) is 5.92 Å². The molecule has 1 atom stereocenters. The van der Waals surface area contributed by atoms with Crippen molar-refractivity contribution in [3.8, 4) is 5.69 Å². The van der Waals surface area contributed by atoms with E-state index in [0.29, 0.717) is 5.84 Å². The lowest BCUT2D eigenvalue weighted by Gasteiger charge is -2.19. The van der Waals surface area contributed by atoms with Gasteiger partial charge in [0, 0.05) is 49.4 Å². The Morgan fingerprint density at radius 2 is 1.03 bits per heavy atom. The molecular weight excluding hydrogens is 807 g/mol. The number of hydrogen-bond acceptors (Lipinski definition) is 4. The van der Waals surface area contributed by atoms with Gasteiger partial charge in [0.1, 0.15) is 16.7 Å². The fourth-order valence-electron chi connectivity index (χ4n) is 10.5. The lowest BCUT2D eigenvalue weighted by Crippen LogP contribution is -2.17. The number of benzene rings is 10. The first-order valence-electron chi connectivity index (χ1n) is 22.7. The van der Waals surface area contributed by atoms with Crippen LogP contribution in [0.15, 0.2) is 219 Å². The molecule has 10 aromatic carbocycles. The first-order chi connectivity index (χ1) is 32.6. The number of hydrogen-bond donors (Lipinski definition) is 0. The molecule has 0 aliphatic carbocycles. The molecule has 14 rings (SSSR count). The van der Waals surface area contributed by atoms with Crippen molar-refractivity contribution >= 4 is 115 Å². The van der Waals surface area contributed by atoms with Crippen LogP contribution in [0.3, 0.4) is 0 Å². The van der Waals surface area contributed by atoms with Crippen molar-refractivity contribution in [1.82, 2.24) is 4.57 Å². The second-order valence-corrected chi connectivity index (χ2v) is 17.7. The molecule has 5 nitrogen and oxygen atoms in total. The first-order valence-corrected chi connectivity index (χ1v) is 22.7. The van der Waals surface area contributed by atoms with Crippen LogP contribution in [0.2, 0.25) is 0 Å². The molecule has 5 heteroatoms. The van der Waals surface area contributed by atoms with Crippen molar-refractivity contribution in [1.29, 1.82) is 0 Å². The molecule has 0 saturated carbocycles. The third-order valence-corrected chi connectivity index (χ3v) is 13.8. The normalized spacial score (nSPS) is 15.6. The molecule has 0 spiro atoms. The maximum atomic E-state index is 7.09. The van der Waals surface area contributed by atoms with E-state index in [2.05, 4.69) is 193 Å². The summed E-state index contributed by atoms with van der Waals surface area (Å²) in [6.45, 7) is 2.28. The highest BCUT2D eigenvalue weighted by Crippen LogP contribution is 2.43. The van der Waals surface area contributed by atoms with Crippen LogP contribution in [0.4, 0.5) is 0 Å². The van der Waals surface area contributed by atoms with E-state index in [1.54, 1.807) is 0 Å². The van der Waals surface area contributed by atoms with Crippen molar-refractivity contribution < 1.29 is 8.83 Å². The Kier molecular flexibility index (Phi) is 7.96. The number of amidine groups is 1. The lowest BCUT2D eigenvalue weighted by atomic mass is 9.92. The van der Waals surface area contributed by atoms with Crippen LogP contribution >= 0.6 is 0 Å². The molecule has 1 aliphatic rings. The highest BCUT2D eigenvalue weighted by molar-refractivity contribution is 6.25. The van der Waals surface area contributed by atoms with E-state index in [1.807, 2.05) is 18.2 Å². The van der Waals surface area contributed by atoms with Crippen LogP contribution in [0.5, 0.6) is 0 Å². The Hall–Kier alpha value is -8.54. The number of fused-ring (bicyclic) bond motifs is 12. The Labute approximate surface area is 378 Å². The second-order valence-electron chi connectivity index (χ2n) is 17.7. The summed E-state index contributed by atoms with van der Waals surface area (Å²) < 4.78 is 15.8. The molecular formula is C61H39N3O2. The van der Waals surface area contributed by atoms with Crippen LogP contribution in [0.25, 0.3) is 109 Å². The molecule has 0 bridgehead atoms. The minimum atomic E-state index is 0.0863. The number of para-hydroxylation sites is 2. The van der Waals surface area contributed by atoms with E-state index in [-0.39, 0.29) is 5.92 Å². The number of rotatable bonds is 4. The minimum Gasteiger partial charge on any atom is -0.456 e. The summed E-state index contributed by atoms with van der Waals surface area (Å²) in [4.78, 5) is 11.3. The summed E-state index contributed by atoms with van der Waals surface area (Å²) in [6.07, 6.45) is 3.05. The molecule has 1 unspecified atom stereocenters. The molecule has 3 aromatic heterocycles. The van der Waals surface area contributed by atoms with Crippen molar-refractivity contribution in [2.24, 2.45) is 15.9 Å². The summed E-state index contributed by atoms with van der Waals surface area (Å²) in [5.74, 6) is 0.721. The van der Waals surface area contributed by atoms with E-state index in [1.165, 1.54) is 43.1 Å². The maximum Gasteiger partial charge on any atom is 0.160 e. The van der Waals surface area contributed by atoms with E-state index in [4.69, 9.17) is 18.8 Å². The number of furan rings is 2. The average molecular weight is 846 g/mol. The molecule has 0 saturated heterocycles. The van der Waals surface area contributed by atoms with Gasteiger partial charge in [0.25, 0.3) is 0 Å². The Bertz CT molecular complexity index is 4200. The zero-order valence-corrected chi connectivity index (χ0v) is 36.0. The molecule has 4 heterocycles. The number of aliphatic imine (C=N–C) groups is 2. The van der Waals surface area contributed by atoms with Crippen molar-refractivity contribution in [3.63, 3.8) is 0 Å². The van der Waals surface area contributed by atoms with Gasteiger partial charge in [-0.15, -0.1) is 0 Å². The number of aromatic nitrogens is 1. The Balaban J connectivity index is 1.05. The molecule has 0 radical (unpaired) electrons. The van der Waals surface area contributed by atoms with Crippen LogP contribution in [0.1, 0.15) is 30.0 Å². The number of nitrogens with zero attached hydrogens (tertiary/aromatic N) is 3. The lowest BCUT2D eigenvalue weighted by molar-refractivity contribution is 0.666. The molecule has 0 N–H and O–H groups in total. The summed E-state index contributed by atoms with van der Waals surface area (Å²) in [7, 11) is 0. The predicted octanol–water partition coefficient (Wildman–Crippen LogP) is 16.4. The van der Waals surface area contributed by atoms with Gasteiger partial charge in [0.2, 0.25) is 0 Å². The van der Waals surface area contributed by atoms with Crippen molar-refractivity contribution in [2.45, 2.75) is 13.3 Å². The fourth-order valence-corrected chi connectivity index (χ4v) is 10.5. The van der Waals surface area contributed by atoms with Crippen LogP contribution in [-0.4, -0.2) is 16.1 Å². The fraction of sp³-hybridized carbons (Fsp3) is 0.0492. The zero-order chi connectivity index (χ0) is 43.5. The van der Waals surface area contributed by atoms with Crippen LogP contribution < -0.4 is 0 Å². The minimum absolute atomic E-state index is 0.0863. The molecule has 66 heavy (non-hydrogen) atoms. The summed E-state index contributed by atoms with van der Waals surface area (Å²) in [6, 6.07) is 69.3. The smallest absolute Gasteiger partial charge is 0.160 e. The number of allylic oxidation sites excluding steroid dienone is 1. The van der Waals surface area contributed by atoms with Gasteiger partial charge in [-0.05, 0) is 117 Å². The molecule has 310 valence electrons. The molecule has 0 fully saturated rings. The third kappa shape index (κ3) is 5.66. The molecule has 13 aromatic rings. The SMILES string of the molecule is CC1C/C=C(\c2ccc3oc4ccccc4c3c2)N=C(c2ccc(-n3c4cc5ccccc5cc4c4cc5ccccc5cc43)c3oc4ccccc4c23)N=C1c1ccc2ccccc2c1. The molecule has 0 amide bonds. The van der Waals surface area contributed by atoms with E-state index >= 15 is 0 Å². The topological polar surface area (TPSA) is 55.9 Å². The zero-order valence-electron chi connectivity index (χ0n) is 36.0. The first kappa shape index (κ1) is 36.9. The van der Waals surface area contributed by atoms with Gasteiger partial charge < -0.3 is 13.4 Å². The van der Waals surface area contributed by atoms with Crippen molar-refractivity contribution in [3.05, 3.63) is 217 Å². The van der Waals surface area contributed by atoms with Crippen LogP contribution in [-0.2, 0) is 0 Å². The standard InChI is InChI=1S/C61H39N3O2/c1-36-22-27-51(43-25-29-57-50(33-43)45-18-8-10-20-55(45)65-57)62-61(63-59(36)44-24-23-37-12-2-3-13-38(37)30-44)47-26-28-52(60-58(47)46-19-9-11-21-56(46)66-60)64-53-34-41-16-6-4-14-39(41)31-48(53)49-32-40-15-5-7-17-42(40)35-54(49)64/h2-21,23-36H,22H2,1H3/b51-27+,62-61?,63-59?. The van der Waals surface area contributed by atoms with E-state index < -0.39 is 0 Å². The predicted molar refractivity (Wildman–Crippen MR) is 276 cm³/mol. The van der Waals surface area contributed by atoms with Gasteiger partial charge in [-0.25, -0.2) is 9.98 Å². The Morgan fingerprint density at radius 3 is 1.74 bits per heavy atom. The van der Waals surface area contributed by atoms with Gasteiger partial charge >= 0.3 is 0 Å². The monoisotopic (exact) mass is 845 g/mol. The van der Waals surface area contributed by atoms with Gasteiger partial charge in [0.15, 0.2) is 11.4 Å². The second kappa shape index (κ2) is 14.2. The average Bonchev–Trinajstić information content (AvgIpc) is 4.03. The summed E-state index contributed by atoms with van der Waals surface area (Å²) in [5.41, 5.74) is 11.4. The highest BCUT2D eigenvalue weighted by Gasteiger charge is 2.25. The van der Waals surface area contributed by atoms with Gasteiger partial charge in [0.05, 0.1) is 28.1 Å². The largest absolute Gasteiger partial charge is 0.456 e. The quantitative estimate of drug-likeness (QED) is 0.177. The third-order valence-electron chi connectivity index (χ3n) is 13.8. The highest BCUT2D eigenvalue weighted by atomic mass is 16.3. The van der Waals surface area contributed by atoms with Crippen molar-refractivity contribution in [2.75, 3.05) is 0 Å².